The van der Waals surface area contributed by atoms with Crippen LogP contribution in [0.5, 0.6) is 11.8 Å². The van der Waals surface area contributed by atoms with Gasteiger partial charge in [-0.2, -0.15) is 10.1 Å². The minimum Gasteiger partial charge on any atom is -0.481 e. The summed E-state index contributed by atoms with van der Waals surface area (Å²) in [5.74, 6) is 1.75. The van der Waals surface area contributed by atoms with E-state index < -0.39 is 0 Å². The van der Waals surface area contributed by atoms with Gasteiger partial charge in [0.2, 0.25) is 11.8 Å². The number of rotatable bonds is 5. The van der Waals surface area contributed by atoms with Crippen molar-refractivity contribution in [3.05, 3.63) is 18.5 Å². The van der Waals surface area contributed by atoms with Gasteiger partial charge < -0.3 is 9.47 Å². The summed E-state index contributed by atoms with van der Waals surface area (Å²) in [6.45, 7) is 2.90. The zero-order valence-corrected chi connectivity index (χ0v) is 10.8. The summed E-state index contributed by atoms with van der Waals surface area (Å²) < 4.78 is 12.2. The van der Waals surface area contributed by atoms with E-state index in [1.54, 1.807) is 20.3 Å². The van der Waals surface area contributed by atoms with Crippen molar-refractivity contribution in [1.29, 1.82) is 0 Å². The van der Waals surface area contributed by atoms with Crippen LogP contribution in [0.2, 0.25) is 0 Å². The summed E-state index contributed by atoms with van der Waals surface area (Å²) in [5.41, 5.74) is 0.809. The molecule has 0 saturated carbocycles. The van der Waals surface area contributed by atoms with E-state index in [2.05, 4.69) is 22.0 Å². The van der Waals surface area contributed by atoms with Gasteiger partial charge in [0.1, 0.15) is 6.33 Å². The van der Waals surface area contributed by atoms with Crippen LogP contribution >= 0.6 is 0 Å². The Morgan fingerprint density at radius 1 is 1.22 bits per heavy atom. The van der Waals surface area contributed by atoms with Crippen LogP contribution in [0.4, 0.5) is 0 Å². The first kappa shape index (κ1) is 12.3. The summed E-state index contributed by atoms with van der Waals surface area (Å²) in [7, 11) is 3.15. The second-order valence-electron chi connectivity index (χ2n) is 3.72. The van der Waals surface area contributed by atoms with Crippen LogP contribution < -0.4 is 9.47 Å². The Morgan fingerprint density at radius 3 is 2.72 bits per heavy atom. The normalized spacial score (nSPS) is 10.4. The van der Waals surface area contributed by atoms with Crippen molar-refractivity contribution >= 4 is 0 Å². The van der Waals surface area contributed by atoms with E-state index in [-0.39, 0.29) is 0 Å². The van der Waals surface area contributed by atoms with Gasteiger partial charge in [-0.25, -0.2) is 9.67 Å². The van der Waals surface area contributed by atoms with E-state index in [4.69, 9.17) is 9.47 Å². The van der Waals surface area contributed by atoms with Crippen molar-refractivity contribution in [3.63, 3.8) is 0 Å². The second-order valence-corrected chi connectivity index (χ2v) is 3.72. The first-order chi connectivity index (χ1) is 8.80. The van der Waals surface area contributed by atoms with Crippen LogP contribution in [-0.4, -0.2) is 34.0 Å². The van der Waals surface area contributed by atoms with Gasteiger partial charge in [-0.3, -0.25) is 0 Å². The lowest BCUT2D eigenvalue weighted by Gasteiger charge is -2.09. The van der Waals surface area contributed by atoms with E-state index in [0.717, 1.165) is 24.4 Å². The molecular formula is C12H16N4O2. The topological polar surface area (TPSA) is 62.1 Å². The fourth-order valence-electron chi connectivity index (χ4n) is 1.71. The van der Waals surface area contributed by atoms with Gasteiger partial charge in [0.05, 0.1) is 19.8 Å². The van der Waals surface area contributed by atoms with Crippen LogP contribution in [0.3, 0.4) is 0 Å². The van der Waals surface area contributed by atoms with Crippen molar-refractivity contribution in [2.45, 2.75) is 19.9 Å². The predicted octanol–water partition coefficient (Wildman–Crippen LogP) is 1.77. The molecule has 2 aromatic heterocycles. The van der Waals surface area contributed by atoms with E-state index >= 15 is 0 Å². The Hall–Kier alpha value is -2.11. The van der Waals surface area contributed by atoms with Gasteiger partial charge in [-0.15, -0.1) is 0 Å². The summed E-state index contributed by atoms with van der Waals surface area (Å²) >= 11 is 0. The molecule has 0 aliphatic rings. The molecule has 0 amide bonds. The average molecular weight is 248 g/mol. The van der Waals surface area contributed by atoms with Crippen LogP contribution in [0.15, 0.2) is 18.5 Å². The number of methoxy groups -OCH3 is 2. The molecule has 2 aromatic rings. The highest BCUT2D eigenvalue weighted by atomic mass is 16.5. The van der Waals surface area contributed by atoms with Gasteiger partial charge in [-0.1, -0.05) is 6.92 Å². The number of aromatic nitrogens is 4. The lowest BCUT2D eigenvalue weighted by molar-refractivity contribution is 0.365. The van der Waals surface area contributed by atoms with Crippen molar-refractivity contribution in [3.8, 4) is 23.1 Å². The monoisotopic (exact) mass is 248 g/mol. The largest absolute Gasteiger partial charge is 0.481 e. The van der Waals surface area contributed by atoms with Crippen LogP contribution in [0, 0.1) is 0 Å². The number of nitrogens with zero attached hydrogens (tertiary/aromatic N) is 4. The Kier molecular flexibility index (Phi) is 3.76. The highest BCUT2D eigenvalue weighted by Gasteiger charge is 2.14. The Labute approximate surface area is 106 Å². The van der Waals surface area contributed by atoms with Crippen molar-refractivity contribution in [1.82, 2.24) is 19.7 Å². The third-order valence-electron chi connectivity index (χ3n) is 2.53. The molecule has 2 heterocycles. The molecule has 0 spiro atoms. The molecule has 0 bridgehead atoms. The molecule has 0 radical (unpaired) electrons. The molecule has 18 heavy (non-hydrogen) atoms. The Morgan fingerprint density at radius 2 is 2.06 bits per heavy atom. The number of hydrogen-bond donors (Lipinski definition) is 0. The quantitative estimate of drug-likeness (QED) is 0.807. The Bertz CT molecular complexity index is 525. The number of pyridine rings is 1. The van der Waals surface area contributed by atoms with Crippen molar-refractivity contribution < 1.29 is 9.47 Å². The summed E-state index contributed by atoms with van der Waals surface area (Å²) in [6, 6.07) is 3.66. The lowest BCUT2D eigenvalue weighted by atomic mass is 10.2. The highest BCUT2D eigenvalue weighted by molar-refractivity contribution is 5.62. The predicted molar refractivity (Wildman–Crippen MR) is 66.6 cm³/mol. The maximum absolute atomic E-state index is 5.27. The maximum atomic E-state index is 5.27. The lowest BCUT2D eigenvalue weighted by Crippen LogP contribution is -2.03. The minimum atomic E-state index is 0.486. The summed E-state index contributed by atoms with van der Waals surface area (Å²) in [6.07, 6.45) is 2.52. The maximum Gasteiger partial charge on any atom is 0.227 e. The SMILES string of the molecule is CCCn1ncnc1-c1ccc(OC)nc1OC. The van der Waals surface area contributed by atoms with Crippen LogP contribution in [0.25, 0.3) is 11.4 Å². The van der Waals surface area contributed by atoms with E-state index in [0.29, 0.717) is 11.8 Å². The first-order valence-corrected chi connectivity index (χ1v) is 5.77. The number of ether oxygens (including phenoxy) is 2. The van der Waals surface area contributed by atoms with E-state index in [9.17, 15) is 0 Å². The summed E-state index contributed by atoms with van der Waals surface area (Å²) in [4.78, 5) is 8.50. The average Bonchev–Trinajstić information content (AvgIpc) is 2.86. The van der Waals surface area contributed by atoms with Crippen molar-refractivity contribution in [2.75, 3.05) is 14.2 Å². The second kappa shape index (κ2) is 5.48. The molecule has 0 atom stereocenters. The molecular weight excluding hydrogens is 232 g/mol. The first-order valence-electron chi connectivity index (χ1n) is 5.77. The highest BCUT2D eigenvalue weighted by Crippen LogP contribution is 2.28. The fourth-order valence-corrected chi connectivity index (χ4v) is 1.71. The van der Waals surface area contributed by atoms with Gasteiger partial charge in [0.15, 0.2) is 5.82 Å². The third kappa shape index (κ3) is 2.27. The van der Waals surface area contributed by atoms with Gasteiger partial charge >= 0.3 is 0 Å². The number of hydrogen-bond acceptors (Lipinski definition) is 5. The molecule has 0 aliphatic carbocycles. The zero-order valence-electron chi connectivity index (χ0n) is 10.8. The third-order valence-corrected chi connectivity index (χ3v) is 2.53. The van der Waals surface area contributed by atoms with Gasteiger partial charge in [0, 0.05) is 12.6 Å². The fraction of sp³-hybridized carbons (Fsp3) is 0.417. The molecule has 0 aliphatic heterocycles. The summed E-state index contributed by atoms with van der Waals surface area (Å²) in [5, 5.41) is 4.19. The number of aryl methyl sites for hydroxylation is 1. The van der Waals surface area contributed by atoms with Crippen molar-refractivity contribution in [2.24, 2.45) is 0 Å². The molecule has 6 heteroatoms. The van der Waals surface area contributed by atoms with Gasteiger partial charge in [0.25, 0.3) is 0 Å². The minimum absolute atomic E-state index is 0.486. The molecule has 0 fully saturated rings. The molecule has 0 unspecified atom stereocenters. The van der Waals surface area contributed by atoms with E-state index in [1.807, 2.05) is 10.7 Å². The molecule has 0 aromatic carbocycles. The smallest absolute Gasteiger partial charge is 0.227 e. The molecule has 0 saturated heterocycles. The van der Waals surface area contributed by atoms with E-state index in [1.165, 1.54) is 6.33 Å². The standard InChI is InChI=1S/C12H16N4O2/c1-4-7-16-11(13-8-14-16)9-5-6-10(17-2)15-12(9)18-3/h5-6,8H,4,7H2,1-3H3. The molecule has 96 valence electrons. The van der Waals surface area contributed by atoms with Crippen LogP contribution in [-0.2, 0) is 6.54 Å². The Balaban J connectivity index is 2.46. The molecule has 2 rings (SSSR count). The molecule has 6 nitrogen and oxygen atoms in total. The van der Waals surface area contributed by atoms with Gasteiger partial charge in [-0.05, 0) is 12.5 Å². The molecule has 0 N–H and O–H groups in total. The van der Waals surface area contributed by atoms with Crippen LogP contribution in [0.1, 0.15) is 13.3 Å². The zero-order chi connectivity index (χ0) is 13.0.